The number of thiocarbonyl (C=S) groups is 1. The SMILES string of the molecule is CCCN(CCC)c1ccc(C(N)=S)cn1. The highest BCUT2D eigenvalue weighted by Crippen LogP contribution is 2.12. The molecule has 0 saturated carbocycles. The third kappa shape index (κ3) is 3.45. The maximum Gasteiger partial charge on any atom is 0.128 e. The van der Waals surface area contributed by atoms with E-state index < -0.39 is 0 Å². The number of nitrogens with two attached hydrogens (primary N) is 1. The summed E-state index contributed by atoms with van der Waals surface area (Å²) in [5.41, 5.74) is 6.36. The average Bonchev–Trinajstić information content (AvgIpc) is 2.29. The minimum absolute atomic E-state index is 0.400. The lowest BCUT2D eigenvalue weighted by Gasteiger charge is -2.22. The second-order valence-electron chi connectivity index (χ2n) is 3.76. The Labute approximate surface area is 103 Å². The van der Waals surface area contributed by atoms with E-state index in [9.17, 15) is 0 Å². The van der Waals surface area contributed by atoms with Crippen LogP contribution in [0.3, 0.4) is 0 Å². The summed E-state index contributed by atoms with van der Waals surface area (Å²) in [4.78, 5) is 7.08. The van der Waals surface area contributed by atoms with Crippen LogP contribution in [-0.2, 0) is 0 Å². The lowest BCUT2D eigenvalue weighted by molar-refractivity contribution is 0.734. The molecule has 0 bridgehead atoms. The van der Waals surface area contributed by atoms with Crippen LogP contribution in [-0.4, -0.2) is 23.1 Å². The molecule has 0 radical (unpaired) electrons. The summed E-state index contributed by atoms with van der Waals surface area (Å²) in [6.07, 6.45) is 3.99. The van der Waals surface area contributed by atoms with Gasteiger partial charge < -0.3 is 10.6 Å². The molecule has 0 unspecified atom stereocenters. The van der Waals surface area contributed by atoms with E-state index in [2.05, 4.69) is 23.7 Å². The van der Waals surface area contributed by atoms with E-state index in [4.69, 9.17) is 18.0 Å². The minimum atomic E-state index is 0.400. The number of aromatic nitrogens is 1. The lowest BCUT2D eigenvalue weighted by Crippen LogP contribution is -2.26. The Morgan fingerprint density at radius 1 is 1.31 bits per heavy atom. The molecule has 0 saturated heterocycles. The zero-order valence-corrected chi connectivity index (χ0v) is 10.8. The van der Waals surface area contributed by atoms with Crippen molar-refractivity contribution in [3.63, 3.8) is 0 Å². The summed E-state index contributed by atoms with van der Waals surface area (Å²) in [5.74, 6) is 1.00. The van der Waals surface area contributed by atoms with Crippen LogP contribution in [0.4, 0.5) is 5.82 Å². The summed E-state index contributed by atoms with van der Waals surface area (Å²) >= 11 is 4.90. The largest absolute Gasteiger partial charge is 0.389 e. The molecule has 0 aliphatic heterocycles. The highest BCUT2D eigenvalue weighted by atomic mass is 32.1. The van der Waals surface area contributed by atoms with Crippen LogP contribution < -0.4 is 10.6 Å². The molecule has 0 fully saturated rings. The Bertz CT molecular complexity index is 329. The van der Waals surface area contributed by atoms with E-state index in [0.29, 0.717) is 4.99 Å². The van der Waals surface area contributed by atoms with Crippen LogP contribution in [0.25, 0.3) is 0 Å². The summed E-state index contributed by atoms with van der Waals surface area (Å²) in [6.45, 7) is 6.42. The van der Waals surface area contributed by atoms with E-state index in [1.54, 1.807) is 6.20 Å². The minimum Gasteiger partial charge on any atom is -0.389 e. The van der Waals surface area contributed by atoms with E-state index in [1.807, 2.05) is 12.1 Å². The molecule has 0 spiro atoms. The molecule has 3 nitrogen and oxygen atoms in total. The van der Waals surface area contributed by atoms with E-state index >= 15 is 0 Å². The molecule has 1 heterocycles. The summed E-state index contributed by atoms with van der Waals surface area (Å²) in [6, 6.07) is 3.92. The first-order valence-corrected chi connectivity index (χ1v) is 6.10. The Kier molecular flexibility index (Phi) is 5.19. The molecule has 16 heavy (non-hydrogen) atoms. The molecular formula is C12H19N3S. The number of rotatable bonds is 6. The summed E-state index contributed by atoms with van der Waals surface area (Å²) in [5, 5.41) is 0. The van der Waals surface area contributed by atoms with Gasteiger partial charge in [0.1, 0.15) is 10.8 Å². The van der Waals surface area contributed by atoms with Gasteiger partial charge in [0.25, 0.3) is 0 Å². The molecule has 2 N–H and O–H groups in total. The first kappa shape index (κ1) is 12.9. The van der Waals surface area contributed by atoms with Gasteiger partial charge in [0, 0.05) is 24.8 Å². The highest BCUT2D eigenvalue weighted by Gasteiger charge is 2.06. The fraction of sp³-hybridized carbons (Fsp3) is 0.500. The monoisotopic (exact) mass is 237 g/mol. The third-order valence-electron chi connectivity index (χ3n) is 2.34. The zero-order valence-electron chi connectivity index (χ0n) is 9.94. The van der Waals surface area contributed by atoms with Gasteiger partial charge in [-0.3, -0.25) is 0 Å². The van der Waals surface area contributed by atoms with Crippen LogP contribution in [0.5, 0.6) is 0 Å². The Hall–Kier alpha value is -1.16. The first-order chi connectivity index (χ1) is 7.69. The molecule has 1 aromatic heterocycles. The molecule has 1 aromatic rings. The number of pyridine rings is 1. The van der Waals surface area contributed by atoms with Gasteiger partial charge in [0.15, 0.2) is 0 Å². The van der Waals surface area contributed by atoms with Gasteiger partial charge in [-0.25, -0.2) is 4.98 Å². The van der Waals surface area contributed by atoms with Gasteiger partial charge >= 0.3 is 0 Å². The molecule has 1 rings (SSSR count). The standard InChI is InChI=1S/C12H19N3S/c1-3-7-15(8-4-2)11-6-5-10(9-14-11)12(13)16/h5-6,9H,3-4,7-8H2,1-2H3,(H2,13,16). The zero-order chi connectivity index (χ0) is 12.0. The number of anilines is 1. The average molecular weight is 237 g/mol. The molecule has 0 aliphatic carbocycles. The molecule has 0 amide bonds. The predicted octanol–water partition coefficient (Wildman–Crippen LogP) is 2.34. The Balaban J connectivity index is 2.80. The van der Waals surface area contributed by atoms with E-state index in [1.165, 1.54) is 0 Å². The summed E-state index contributed by atoms with van der Waals surface area (Å²) in [7, 11) is 0. The van der Waals surface area contributed by atoms with E-state index in [-0.39, 0.29) is 0 Å². The van der Waals surface area contributed by atoms with Crippen molar-refractivity contribution in [1.82, 2.24) is 4.98 Å². The van der Waals surface area contributed by atoms with Gasteiger partial charge in [-0.1, -0.05) is 26.1 Å². The van der Waals surface area contributed by atoms with Gasteiger partial charge in [0.05, 0.1) is 0 Å². The normalized spacial score (nSPS) is 10.1. The lowest BCUT2D eigenvalue weighted by atomic mass is 10.2. The van der Waals surface area contributed by atoms with Crippen molar-refractivity contribution in [1.29, 1.82) is 0 Å². The fourth-order valence-electron chi connectivity index (χ4n) is 1.60. The van der Waals surface area contributed by atoms with Crippen LogP contribution in [0.1, 0.15) is 32.3 Å². The second-order valence-corrected chi connectivity index (χ2v) is 4.20. The van der Waals surface area contributed by atoms with Crippen molar-refractivity contribution in [2.75, 3.05) is 18.0 Å². The van der Waals surface area contributed by atoms with Gasteiger partial charge in [-0.15, -0.1) is 0 Å². The number of nitrogens with zero attached hydrogens (tertiary/aromatic N) is 2. The van der Waals surface area contributed by atoms with Crippen LogP contribution >= 0.6 is 12.2 Å². The van der Waals surface area contributed by atoms with Crippen LogP contribution in [0, 0.1) is 0 Å². The molecule has 0 atom stereocenters. The van der Waals surface area contributed by atoms with Crippen molar-refractivity contribution >= 4 is 23.0 Å². The van der Waals surface area contributed by atoms with Crippen molar-refractivity contribution < 1.29 is 0 Å². The van der Waals surface area contributed by atoms with Crippen LogP contribution in [0.15, 0.2) is 18.3 Å². The Morgan fingerprint density at radius 2 is 1.94 bits per heavy atom. The van der Waals surface area contributed by atoms with Crippen LogP contribution in [0.2, 0.25) is 0 Å². The molecule has 4 heteroatoms. The Morgan fingerprint density at radius 3 is 2.31 bits per heavy atom. The van der Waals surface area contributed by atoms with Gasteiger partial charge in [0.2, 0.25) is 0 Å². The molecule has 0 aliphatic rings. The highest BCUT2D eigenvalue weighted by molar-refractivity contribution is 7.80. The summed E-state index contributed by atoms with van der Waals surface area (Å²) < 4.78 is 0. The van der Waals surface area contributed by atoms with Gasteiger partial charge in [-0.05, 0) is 25.0 Å². The molecule has 88 valence electrons. The second kappa shape index (κ2) is 6.43. The fourth-order valence-corrected chi connectivity index (χ4v) is 1.72. The van der Waals surface area contributed by atoms with Crippen molar-refractivity contribution in [2.45, 2.75) is 26.7 Å². The predicted molar refractivity (Wildman–Crippen MR) is 72.9 cm³/mol. The van der Waals surface area contributed by atoms with Gasteiger partial charge in [-0.2, -0.15) is 0 Å². The van der Waals surface area contributed by atoms with Crippen molar-refractivity contribution in [3.05, 3.63) is 23.9 Å². The molecule has 0 aromatic carbocycles. The maximum atomic E-state index is 5.54. The number of hydrogen-bond acceptors (Lipinski definition) is 3. The molecular weight excluding hydrogens is 218 g/mol. The maximum absolute atomic E-state index is 5.54. The number of hydrogen-bond donors (Lipinski definition) is 1. The topological polar surface area (TPSA) is 42.1 Å². The smallest absolute Gasteiger partial charge is 0.128 e. The first-order valence-electron chi connectivity index (χ1n) is 5.69. The quantitative estimate of drug-likeness (QED) is 0.771. The van der Waals surface area contributed by atoms with Crippen molar-refractivity contribution in [2.24, 2.45) is 5.73 Å². The van der Waals surface area contributed by atoms with Crippen molar-refractivity contribution in [3.8, 4) is 0 Å². The van der Waals surface area contributed by atoms with E-state index in [0.717, 1.165) is 37.3 Å². The third-order valence-corrected chi connectivity index (χ3v) is 2.58.